The van der Waals surface area contributed by atoms with E-state index in [0.717, 1.165) is 11.8 Å². The summed E-state index contributed by atoms with van der Waals surface area (Å²) in [5.74, 6) is 1.68. The summed E-state index contributed by atoms with van der Waals surface area (Å²) in [6.45, 7) is 12.8. The number of unbranched alkanes of at least 4 members (excludes halogenated alkanes) is 1. The van der Waals surface area contributed by atoms with Crippen LogP contribution in [0, 0.1) is 11.8 Å². The molecule has 86 valence electrons. The number of hydrogen-bond acceptors (Lipinski definition) is 1. The molecule has 0 aliphatic heterocycles. The third kappa shape index (κ3) is 6.42. The first-order valence-corrected chi connectivity index (χ1v) is 6.35. The molecule has 0 aromatic heterocycles. The molecule has 14 heavy (non-hydrogen) atoms. The highest BCUT2D eigenvalue weighted by Gasteiger charge is 2.13. The molecule has 0 radical (unpaired) electrons. The fourth-order valence-electron chi connectivity index (χ4n) is 1.71. The van der Waals surface area contributed by atoms with Crippen molar-refractivity contribution >= 4 is 0 Å². The van der Waals surface area contributed by atoms with Gasteiger partial charge < -0.3 is 5.32 Å². The molecule has 1 nitrogen and oxygen atoms in total. The van der Waals surface area contributed by atoms with E-state index in [4.69, 9.17) is 0 Å². The van der Waals surface area contributed by atoms with Crippen LogP contribution in [0.1, 0.15) is 60.3 Å². The Morgan fingerprint density at radius 1 is 1.07 bits per heavy atom. The zero-order valence-electron chi connectivity index (χ0n) is 10.8. The van der Waals surface area contributed by atoms with Crippen molar-refractivity contribution < 1.29 is 0 Å². The smallest absolute Gasteiger partial charge is 0.00644 e. The van der Waals surface area contributed by atoms with Crippen molar-refractivity contribution in [2.45, 2.75) is 66.3 Å². The van der Waals surface area contributed by atoms with Crippen LogP contribution in [0.4, 0.5) is 0 Å². The van der Waals surface area contributed by atoms with Crippen LogP contribution in [0.2, 0.25) is 0 Å². The lowest BCUT2D eigenvalue weighted by atomic mass is 9.90. The van der Waals surface area contributed by atoms with Crippen molar-refractivity contribution in [1.29, 1.82) is 0 Å². The van der Waals surface area contributed by atoms with Gasteiger partial charge in [0.25, 0.3) is 0 Å². The molecule has 0 spiro atoms. The van der Waals surface area contributed by atoms with Crippen molar-refractivity contribution in [3.05, 3.63) is 0 Å². The molecule has 0 rings (SSSR count). The molecule has 0 saturated carbocycles. The van der Waals surface area contributed by atoms with Gasteiger partial charge in [-0.15, -0.1) is 0 Å². The van der Waals surface area contributed by atoms with E-state index in [-0.39, 0.29) is 0 Å². The molecule has 0 saturated heterocycles. The van der Waals surface area contributed by atoms with Gasteiger partial charge in [-0.3, -0.25) is 0 Å². The lowest BCUT2D eigenvalue weighted by Crippen LogP contribution is -2.33. The molecule has 3 atom stereocenters. The van der Waals surface area contributed by atoms with Gasteiger partial charge in [-0.25, -0.2) is 0 Å². The summed E-state index contributed by atoms with van der Waals surface area (Å²) in [4.78, 5) is 0. The Balaban J connectivity index is 3.58. The van der Waals surface area contributed by atoms with Crippen LogP contribution in [-0.4, -0.2) is 12.6 Å². The Bertz CT molecular complexity index is 122. The van der Waals surface area contributed by atoms with Crippen molar-refractivity contribution in [2.24, 2.45) is 11.8 Å². The predicted octanol–water partition coefficient (Wildman–Crippen LogP) is 3.84. The Labute approximate surface area is 90.7 Å². The average molecular weight is 199 g/mol. The average Bonchev–Trinajstić information content (AvgIpc) is 2.17. The summed E-state index contributed by atoms with van der Waals surface area (Å²) < 4.78 is 0. The highest BCUT2D eigenvalue weighted by molar-refractivity contribution is 4.70. The molecule has 0 aliphatic carbocycles. The molecule has 1 N–H and O–H groups in total. The molecule has 0 aromatic carbocycles. The number of rotatable bonds is 8. The molecule has 3 unspecified atom stereocenters. The second-order valence-electron chi connectivity index (χ2n) is 4.82. The van der Waals surface area contributed by atoms with Gasteiger partial charge in [-0.05, 0) is 38.1 Å². The van der Waals surface area contributed by atoms with E-state index in [1.807, 2.05) is 0 Å². The van der Waals surface area contributed by atoms with Crippen molar-refractivity contribution in [3.63, 3.8) is 0 Å². The molecular formula is C13H29N. The molecule has 0 bridgehead atoms. The number of nitrogens with one attached hydrogen (secondary N) is 1. The highest BCUT2D eigenvalue weighted by atomic mass is 14.9. The van der Waals surface area contributed by atoms with Gasteiger partial charge in [0.15, 0.2) is 0 Å². The van der Waals surface area contributed by atoms with E-state index < -0.39 is 0 Å². The Morgan fingerprint density at radius 3 is 2.21 bits per heavy atom. The fraction of sp³-hybridized carbons (Fsp3) is 1.00. The molecule has 0 fully saturated rings. The highest BCUT2D eigenvalue weighted by Crippen LogP contribution is 2.17. The molecule has 1 heteroatoms. The third-order valence-corrected chi connectivity index (χ3v) is 3.32. The molecular weight excluding hydrogens is 170 g/mol. The van der Waals surface area contributed by atoms with Crippen LogP contribution in [0.15, 0.2) is 0 Å². The maximum absolute atomic E-state index is 3.61. The largest absolute Gasteiger partial charge is 0.314 e. The monoisotopic (exact) mass is 199 g/mol. The Hall–Kier alpha value is -0.0400. The van der Waals surface area contributed by atoms with E-state index in [1.165, 1.54) is 32.2 Å². The fourth-order valence-corrected chi connectivity index (χ4v) is 1.71. The topological polar surface area (TPSA) is 12.0 Å². The predicted molar refractivity (Wildman–Crippen MR) is 65.6 cm³/mol. The first-order chi connectivity index (χ1) is 6.61. The minimum Gasteiger partial charge on any atom is -0.314 e. The van der Waals surface area contributed by atoms with E-state index in [0.29, 0.717) is 6.04 Å². The summed E-state index contributed by atoms with van der Waals surface area (Å²) in [5, 5.41) is 3.61. The van der Waals surface area contributed by atoms with Crippen LogP contribution in [0.5, 0.6) is 0 Å². The molecule has 0 aromatic rings. The third-order valence-electron chi connectivity index (χ3n) is 3.32. The zero-order valence-corrected chi connectivity index (χ0v) is 10.8. The standard InChI is InChI=1S/C13H29N/c1-6-8-9-14-13(5)12(4)10-11(3)7-2/h11-14H,6-10H2,1-5H3. The van der Waals surface area contributed by atoms with Gasteiger partial charge in [-0.2, -0.15) is 0 Å². The summed E-state index contributed by atoms with van der Waals surface area (Å²) in [6.07, 6.45) is 5.27. The summed E-state index contributed by atoms with van der Waals surface area (Å²) in [5.41, 5.74) is 0. The first-order valence-electron chi connectivity index (χ1n) is 6.35. The van der Waals surface area contributed by atoms with Gasteiger partial charge in [-0.1, -0.05) is 40.5 Å². The van der Waals surface area contributed by atoms with Crippen LogP contribution in [0.3, 0.4) is 0 Å². The van der Waals surface area contributed by atoms with E-state index in [1.54, 1.807) is 0 Å². The van der Waals surface area contributed by atoms with Crippen molar-refractivity contribution in [3.8, 4) is 0 Å². The first kappa shape index (κ1) is 14.0. The Kier molecular flexibility index (Phi) is 8.26. The van der Waals surface area contributed by atoms with E-state index >= 15 is 0 Å². The summed E-state index contributed by atoms with van der Waals surface area (Å²) in [7, 11) is 0. The van der Waals surface area contributed by atoms with Gasteiger partial charge in [0.1, 0.15) is 0 Å². The molecule has 0 amide bonds. The van der Waals surface area contributed by atoms with E-state index in [2.05, 4.69) is 39.9 Å². The van der Waals surface area contributed by atoms with Gasteiger partial charge in [0.05, 0.1) is 0 Å². The maximum atomic E-state index is 3.61. The Morgan fingerprint density at radius 2 is 1.71 bits per heavy atom. The van der Waals surface area contributed by atoms with E-state index in [9.17, 15) is 0 Å². The van der Waals surface area contributed by atoms with Crippen LogP contribution < -0.4 is 5.32 Å². The minimum atomic E-state index is 0.676. The molecule has 0 aliphatic rings. The van der Waals surface area contributed by atoms with Crippen molar-refractivity contribution in [1.82, 2.24) is 5.32 Å². The minimum absolute atomic E-state index is 0.676. The lowest BCUT2D eigenvalue weighted by Gasteiger charge is -2.23. The second-order valence-corrected chi connectivity index (χ2v) is 4.82. The van der Waals surface area contributed by atoms with Crippen molar-refractivity contribution in [2.75, 3.05) is 6.54 Å². The summed E-state index contributed by atoms with van der Waals surface area (Å²) in [6, 6.07) is 0.676. The maximum Gasteiger partial charge on any atom is 0.00644 e. The van der Waals surface area contributed by atoms with Gasteiger partial charge >= 0.3 is 0 Å². The second kappa shape index (κ2) is 8.28. The zero-order chi connectivity index (χ0) is 11.0. The van der Waals surface area contributed by atoms with Gasteiger partial charge in [0, 0.05) is 6.04 Å². The van der Waals surface area contributed by atoms with Crippen LogP contribution in [-0.2, 0) is 0 Å². The van der Waals surface area contributed by atoms with Crippen LogP contribution in [0.25, 0.3) is 0 Å². The normalized spacial score (nSPS) is 17.8. The quantitative estimate of drug-likeness (QED) is 0.586. The lowest BCUT2D eigenvalue weighted by molar-refractivity contribution is 0.324. The van der Waals surface area contributed by atoms with Crippen LogP contribution >= 0.6 is 0 Å². The van der Waals surface area contributed by atoms with Gasteiger partial charge in [0.2, 0.25) is 0 Å². The molecule has 0 heterocycles. The summed E-state index contributed by atoms with van der Waals surface area (Å²) >= 11 is 0. The SMILES string of the molecule is CCCCNC(C)C(C)CC(C)CC. The number of hydrogen-bond donors (Lipinski definition) is 1.